The Hall–Kier alpha value is -1.81. The van der Waals surface area contributed by atoms with Crippen LogP contribution in [-0.4, -0.2) is 16.7 Å². The van der Waals surface area contributed by atoms with Crippen LogP contribution in [0.15, 0.2) is 34.9 Å². The summed E-state index contributed by atoms with van der Waals surface area (Å²) >= 11 is 0. The van der Waals surface area contributed by atoms with Crippen molar-refractivity contribution in [2.45, 2.75) is 18.6 Å². The van der Waals surface area contributed by atoms with E-state index in [1.54, 1.807) is 13.2 Å². The van der Waals surface area contributed by atoms with E-state index in [1.807, 2.05) is 24.3 Å². The molecular formula is C12H10O4. The molecule has 1 N–H and O–H groups in total. The second-order valence-electron chi connectivity index (χ2n) is 4.13. The zero-order valence-electron chi connectivity index (χ0n) is 8.64. The Bertz CT molecular complexity index is 571. The third-order valence-corrected chi connectivity index (χ3v) is 3.01. The Morgan fingerprint density at radius 3 is 2.94 bits per heavy atom. The number of benzene rings is 1. The summed E-state index contributed by atoms with van der Waals surface area (Å²) in [4.78, 5) is 10.9. The molecule has 0 aliphatic carbocycles. The van der Waals surface area contributed by atoms with Gasteiger partial charge in [0, 0.05) is 5.39 Å². The van der Waals surface area contributed by atoms with Gasteiger partial charge >= 0.3 is 5.97 Å². The molecular weight excluding hydrogens is 208 g/mol. The van der Waals surface area contributed by atoms with E-state index < -0.39 is 11.6 Å². The molecule has 2 heterocycles. The predicted molar refractivity (Wildman–Crippen MR) is 56.1 cm³/mol. The number of hydrogen-bond donors (Lipinski definition) is 1. The third-order valence-electron chi connectivity index (χ3n) is 3.01. The molecule has 0 radical (unpaired) electrons. The van der Waals surface area contributed by atoms with Crippen LogP contribution >= 0.6 is 0 Å². The average Bonchev–Trinajstić information content (AvgIpc) is 2.75. The quantitative estimate of drug-likeness (QED) is 0.786. The number of furan rings is 1. The van der Waals surface area contributed by atoms with Crippen LogP contribution in [0.5, 0.6) is 0 Å². The fraction of sp³-hybridized carbons (Fsp3) is 0.250. The van der Waals surface area contributed by atoms with E-state index >= 15 is 0 Å². The number of ether oxygens (including phenoxy) is 1. The first-order valence-electron chi connectivity index (χ1n) is 4.99. The largest absolute Gasteiger partial charge is 0.479 e. The molecule has 2 unspecified atom stereocenters. The first kappa shape index (κ1) is 9.42. The summed E-state index contributed by atoms with van der Waals surface area (Å²) in [5.74, 6) is -0.926. The molecule has 0 bridgehead atoms. The molecule has 0 saturated carbocycles. The zero-order chi connectivity index (χ0) is 11.3. The number of fused-ring (bicyclic) bond motifs is 1. The highest BCUT2D eigenvalue weighted by Crippen LogP contribution is 2.49. The summed E-state index contributed by atoms with van der Waals surface area (Å²) in [7, 11) is 0. The number of hydrogen-bond acceptors (Lipinski definition) is 3. The lowest BCUT2D eigenvalue weighted by Gasteiger charge is -1.99. The Kier molecular flexibility index (Phi) is 1.68. The molecule has 4 heteroatoms. The van der Waals surface area contributed by atoms with E-state index in [2.05, 4.69) is 0 Å². The minimum atomic E-state index is -1.07. The van der Waals surface area contributed by atoms with Gasteiger partial charge in [0.2, 0.25) is 0 Å². The molecule has 82 valence electrons. The van der Waals surface area contributed by atoms with Crippen molar-refractivity contribution >= 4 is 16.9 Å². The van der Waals surface area contributed by atoms with Crippen molar-refractivity contribution in [3.05, 3.63) is 36.1 Å². The normalized spacial score (nSPS) is 28.2. The molecule has 16 heavy (non-hydrogen) atoms. The molecule has 1 aliphatic rings. The van der Waals surface area contributed by atoms with Gasteiger partial charge in [-0.3, -0.25) is 0 Å². The van der Waals surface area contributed by atoms with Crippen LogP contribution < -0.4 is 0 Å². The summed E-state index contributed by atoms with van der Waals surface area (Å²) in [6.07, 6.45) is 1.25. The maximum Gasteiger partial charge on any atom is 0.338 e. The van der Waals surface area contributed by atoms with Crippen molar-refractivity contribution in [2.75, 3.05) is 0 Å². The zero-order valence-corrected chi connectivity index (χ0v) is 8.64. The molecule has 1 fully saturated rings. The fourth-order valence-corrected chi connectivity index (χ4v) is 1.91. The monoisotopic (exact) mass is 218 g/mol. The predicted octanol–water partition coefficient (Wildman–Crippen LogP) is 2.35. The molecule has 2 atom stereocenters. The van der Waals surface area contributed by atoms with E-state index in [0.717, 1.165) is 16.5 Å². The molecule has 0 spiro atoms. The first-order chi connectivity index (χ1) is 7.61. The van der Waals surface area contributed by atoms with Crippen molar-refractivity contribution in [3.8, 4) is 0 Å². The highest BCUT2D eigenvalue weighted by atomic mass is 16.6. The van der Waals surface area contributed by atoms with Gasteiger partial charge < -0.3 is 14.3 Å². The van der Waals surface area contributed by atoms with E-state index in [9.17, 15) is 4.79 Å². The van der Waals surface area contributed by atoms with Crippen LogP contribution in [0.3, 0.4) is 0 Å². The number of carboxylic acid groups (broad SMARTS) is 1. The molecule has 4 nitrogen and oxygen atoms in total. The van der Waals surface area contributed by atoms with Crippen LogP contribution in [-0.2, 0) is 9.53 Å². The lowest BCUT2D eigenvalue weighted by molar-refractivity contribution is -0.142. The van der Waals surface area contributed by atoms with Gasteiger partial charge in [0.05, 0.1) is 6.26 Å². The van der Waals surface area contributed by atoms with Crippen molar-refractivity contribution in [1.29, 1.82) is 0 Å². The third kappa shape index (κ3) is 1.17. The standard InChI is InChI=1S/C12H10O4/c1-12(11(13)14)10(16-12)8-2-3-9-7(6-8)4-5-15-9/h2-6,10H,1H3,(H,13,14). The maximum atomic E-state index is 10.9. The van der Waals surface area contributed by atoms with Crippen LogP contribution in [0.2, 0.25) is 0 Å². The van der Waals surface area contributed by atoms with Gasteiger partial charge in [0.25, 0.3) is 0 Å². The van der Waals surface area contributed by atoms with E-state index in [0.29, 0.717) is 0 Å². The van der Waals surface area contributed by atoms with Crippen LogP contribution in [0, 0.1) is 0 Å². The average molecular weight is 218 g/mol. The summed E-state index contributed by atoms with van der Waals surface area (Å²) < 4.78 is 10.5. The highest BCUT2D eigenvalue weighted by molar-refractivity contribution is 5.83. The van der Waals surface area contributed by atoms with Crippen molar-refractivity contribution in [2.24, 2.45) is 0 Å². The smallest absolute Gasteiger partial charge is 0.338 e. The second-order valence-corrected chi connectivity index (χ2v) is 4.13. The lowest BCUT2D eigenvalue weighted by Crippen LogP contribution is -2.20. The Morgan fingerprint density at radius 1 is 1.44 bits per heavy atom. The van der Waals surface area contributed by atoms with Crippen molar-refractivity contribution < 1.29 is 19.1 Å². The highest BCUT2D eigenvalue weighted by Gasteiger charge is 2.59. The van der Waals surface area contributed by atoms with Gasteiger partial charge in [-0.1, -0.05) is 6.07 Å². The molecule has 1 saturated heterocycles. The van der Waals surface area contributed by atoms with E-state index in [-0.39, 0.29) is 6.10 Å². The molecule has 0 amide bonds. The maximum absolute atomic E-state index is 10.9. The van der Waals surface area contributed by atoms with Crippen LogP contribution in [0.25, 0.3) is 11.0 Å². The number of epoxide rings is 1. The second kappa shape index (κ2) is 2.86. The fourth-order valence-electron chi connectivity index (χ4n) is 1.91. The van der Waals surface area contributed by atoms with Gasteiger partial charge in [-0.15, -0.1) is 0 Å². The van der Waals surface area contributed by atoms with Gasteiger partial charge in [0.15, 0.2) is 5.60 Å². The molecule has 1 aromatic carbocycles. The van der Waals surface area contributed by atoms with Crippen molar-refractivity contribution in [1.82, 2.24) is 0 Å². The topological polar surface area (TPSA) is 63.0 Å². The van der Waals surface area contributed by atoms with Gasteiger partial charge in [-0.2, -0.15) is 0 Å². The Labute approximate surface area is 91.4 Å². The molecule has 2 aromatic rings. The lowest BCUT2D eigenvalue weighted by atomic mass is 10.0. The van der Waals surface area contributed by atoms with Gasteiger partial charge in [0.1, 0.15) is 11.7 Å². The van der Waals surface area contributed by atoms with Crippen LogP contribution in [0.1, 0.15) is 18.6 Å². The molecule has 1 aliphatic heterocycles. The molecule has 3 rings (SSSR count). The van der Waals surface area contributed by atoms with E-state index in [4.69, 9.17) is 14.3 Å². The summed E-state index contributed by atoms with van der Waals surface area (Å²) in [5.41, 5.74) is 0.595. The Morgan fingerprint density at radius 2 is 2.25 bits per heavy atom. The summed E-state index contributed by atoms with van der Waals surface area (Å²) in [5, 5.41) is 9.93. The summed E-state index contributed by atoms with van der Waals surface area (Å²) in [6, 6.07) is 7.41. The van der Waals surface area contributed by atoms with Gasteiger partial charge in [-0.25, -0.2) is 4.79 Å². The number of carbonyl (C=O) groups is 1. The minimum Gasteiger partial charge on any atom is -0.479 e. The minimum absolute atomic E-state index is 0.357. The SMILES string of the molecule is CC1(C(=O)O)OC1c1ccc2occc2c1. The van der Waals surface area contributed by atoms with E-state index in [1.165, 1.54) is 0 Å². The number of rotatable bonds is 2. The number of carboxylic acids is 1. The number of aliphatic carboxylic acids is 1. The Balaban J connectivity index is 1.99. The van der Waals surface area contributed by atoms with Crippen LogP contribution in [0.4, 0.5) is 0 Å². The molecule has 1 aromatic heterocycles. The van der Waals surface area contributed by atoms with Gasteiger partial charge in [-0.05, 0) is 30.7 Å². The first-order valence-corrected chi connectivity index (χ1v) is 4.99. The summed E-state index contributed by atoms with van der Waals surface area (Å²) in [6.45, 7) is 1.58. The van der Waals surface area contributed by atoms with Crippen molar-refractivity contribution in [3.63, 3.8) is 0 Å².